The Hall–Kier alpha value is -2.75. The average Bonchev–Trinajstić information content (AvgIpc) is 2.36. The van der Waals surface area contributed by atoms with Gasteiger partial charge in [-0.15, -0.1) is 12.3 Å². The summed E-state index contributed by atoms with van der Waals surface area (Å²) in [5, 5.41) is 11.4. The minimum absolute atomic E-state index is 0.0833. The molecule has 0 bridgehead atoms. The van der Waals surface area contributed by atoms with Crippen LogP contribution in [0.15, 0.2) is 23.1 Å². The third kappa shape index (κ3) is 4.66. The standard InChI is InChI=1S/C15H18N2O5/c1-5-7-11(13(19)20)17-9-6-8-10(12(17)18)16-14(21)22-15(2,3)4/h1,6,8-9,11H,7H2,2-4H3,(H,16,21)(H,19,20)/t11-/m0/s1. The second kappa shape index (κ2) is 6.80. The SMILES string of the molecule is C#CC[C@@H](C(=O)O)n1cccc(NC(=O)OC(C)(C)C)c1=O. The van der Waals surface area contributed by atoms with Crippen LogP contribution < -0.4 is 10.9 Å². The first-order chi connectivity index (χ1) is 10.2. The molecule has 7 heteroatoms. The van der Waals surface area contributed by atoms with E-state index < -0.39 is 29.3 Å². The lowest BCUT2D eigenvalue weighted by atomic mass is 10.2. The van der Waals surface area contributed by atoms with Crippen molar-refractivity contribution in [2.75, 3.05) is 5.32 Å². The normalized spacial score (nSPS) is 12.1. The summed E-state index contributed by atoms with van der Waals surface area (Å²) < 4.78 is 6.01. The van der Waals surface area contributed by atoms with Crippen LogP contribution in [0.5, 0.6) is 0 Å². The van der Waals surface area contributed by atoms with E-state index in [0.717, 1.165) is 4.57 Å². The van der Waals surface area contributed by atoms with Crippen LogP contribution in [0.3, 0.4) is 0 Å². The molecule has 1 atom stereocenters. The Morgan fingerprint density at radius 2 is 2.14 bits per heavy atom. The summed E-state index contributed by atoms with van der Waals surface area (Å²) in [6.45, 7) is 5.05. The van der Waals surface area contributed by atoms with Gasteiger partial charge in [0.2, 0.25) is 0 Å². The molecule has 0 spiro atoms. The molecule has 0 radical (unpaired) electrons. The van der Waals surface area contributed by atoms with Gasteiger partial charge in [0.25, 0.3) is 5.56 Å². The number of hydrogen-bond acceptors (Lipinski definition) is 4. The first-order valence-corrected chi connectivity index (χ1v) is 6.53. The number of nitrogens with zero attached hydrogens (tertiary/aromatic N) is 1. The number of carbonyl (C=O) groups excluding carboxylic acids is 1. The number of nitrogens with one attached hydrogen (secondary N) is 1. The highest BCUT2D eigenvalue weighted by Gasteiger charge is 2.22. The molecule has 2 N–H and O–H groups in total. The van der Waals surface area contributed by atoms with Gasteiger partial charge in [0.1, 0.15) is 17.3 Å². The van der Waals surface area contributed by atoms with Gasteiger partial charge in [-0.1, -0.05) is 0 Å². The molecule has 0 aromatic carbocycles. The van der Waals surface area contributed by atoms with Crippen LogP contribution in [-0.2, 0) is 9.53 Å². The largest absolute Gasteiger partial charge is 0.480 e. The number of pyridine rings is 1. The fraction of sp³-hybridized carbons (Fsp3) is 0.400. The number of hydrogen-bond donors (Lipinski definition) is 2. The van der Waals surface area contributed by atoms with E-state index in [1.54, 1.807) is 20.8 Å². The van der Waals surface area contributed by atoms with Crippen LogP contribution in [0.1, 0.15) is 33.2 Å². The molecule has 0 unspecified atom stereocenters. The van der Waals surface area contributed by atoms with Gasteiger partial charge >= 0.3 is 12.1 Å². The molecule has 1 aromatic rings. The molecule has 7 nitrogen and oxygen atoms in total. The Labute approximate surface area is 127 Å². The summed E-state index contributed by atoms with van der Waals surface area (Å²) >= 11 is 0. The number of aromatic nitrogens is 1. The van der Waals surface area contributed by atoms with E-state index in [9.17, 15) is 14.4 Å². The molecular weight excluding hydrogens is 288 g/mol. The fourth-order valence-corrected chi connectivity index (χ4v) is 1.68. The monoisotopic (exact) mass is 306 g/mol. The van der Waals surface area contributed by atoms with Crippen molar-refractivity contribution in [2.24, 2.45) is 0 Å². The van der Waals surface area contributed by atoms with Crippen LogP contribution in [-0.4, -0.2) is 27.3 Å². The summed E-state index contributed by atoms with van der Waals surface area (Å²) in [6.07, 6.45) is 5.48. The maximum atomic E-state index is 12.3. The highest BCUT2D eigenvalue weighted by Crippen LogP contribution is 2.12. The summed E-state index contributed by atoms with van der Waals surface area (Å²) in [5.74, 6) is 0.986. The molecule has 22 heavy (non-hydrogen) atoms. The van der Waals surface area contributed by atoms with E-state index in [-0.39, 0.29) is 12.1 Å². The third-order valence-corrected chi connectivity index (χ3v) is 2.54. The minimum atomic E-state index is -1.23. The van der Waals surface area contributed by atoms with Crippen LogP contribution in [0, 0.1) is 12.3 Å². The summed E-state index contributed by atoms with van der Waals surface area (Å²) in [4.78, 5) is 35.1. The lowest BCUT2D eigenvalue weighted by Crippen LogP contribution is -2.33. The van der Waals surface area contributed by atoms with Gasteiger partial charge in [0.15, 0.2) is 0 Å². The van der Waals surface area contributed by atoms with Crippen LogP contribution >= 0.6 is 0 Å². The summed E-state index contributed by atoms with van der Waals surface area (Å²) in [7, 11) is 0. The van der Waals surface area contributed by atoms with Crippen molar-refractivity contribution in [2.45, 2.75) is 38.8 Å². The summed E-state index contributed by atoms with van der Waals surface area (Å²) in [6, 6.07) is 1.61. The van der Waals surface area contributed by atoms with Crippen molar-refractivity contribution in [1.29, 1.82) is 0 Å². The number of aliphatic carboxylic acids is 1. The molecule has 0 aliphatic rings. The highest BCUT2D eigenvalue weighted by atomic mass is 16.6. The quantitative estimate of drug-likeness (QED) is 0.827. The van der Waals surface area contributed by atoms with Crippen molar-refractivity contribution in [1.82, 2.24) is 4.57 Å². The zero-order valence-corrected chi connectivity index (χ0v) is 12.6. The van der Waals surface area contributed by atoms with E-state index in [4.69, 9.17) is 16.3 Å². The third-order valence-electron chi connectivity index (χ3n) is 2.54. The number of terminal acetylenes is 1. The molecule has 1 aromatic heterocycles. The van der Waals surface area contributed by atoms with E-state index in [1.165, 1.54) is 18.3 Å². The fourth-order valence-electron chi connectivity index (χ4n) is 1.68. The van der Waals surface area contributed by atoms with Crippen molar-refractivity contribution < 1.29 is 19.4 Å². The molecule has 1 rings (SSSR count). The molecule has 1 heterocycles. The summed E-state index contributed by atoms with van der Waals surface area (Å²) in [5.41, 5.74) is -1.47. The number of rotatable bonds is 4. The first kappa shape index (κ1) is 17.3. The van der Waals surface area contributed by atoms with E-state index in [1.807, 2.05) is 0 Å². The molecule has 0 aliphatic heterocycles. The van der Waals surface area contributed by atoms with Gasteiger partial charge in [-0.3, -0.25) is 14.7 Å². The van der Waals surface area contributed by atoms with E-state index in [0.29, 0.717) is 0 Å². The highest BCUT2D eigenvalue weighted by molar-refractivity contribution is 5.84. The number of carbonyl (C=O) groups is 2. The first-order valence-electron chi connectivity index (χ1n) is 6.53. The van der Waals surface area contributed by atoms with Crippen molar-refractivity contribution in [3.63, 3.8) is 0 Å². The van der Waals surface area contributed by atoms with E-state index >= 15 is 0 Å². The Bertz CT molecular complexity index is 664. The van der Waals surface area contributed by atoms with Gasteiger partial charge in [0.05, 0.1) is 0 Å². The van der Waals surface area contributed by atoms with Crippen molar-refractivity contribution in [3.8, 4) is 12.3 Å². The molecule has 0 aliphatic carbocycles. The average molecular weight is 306 g/mol. The lowest BCUT2D eigenvalue weighted by Gasteiger charge is -2.20. The Balaban J connectivity index is 3.08. The maximum Gasteiger partial charge on any atom is 0.412 e. The number of anilines is 1. The molecule has 0 saturated carbocycles. The zero-order valence-electron chi connectivity index (χ0n) is 12.6. The predicted octanol–water partition coefficient (Wildman–Crippen LogP) is 1.84. The van der Waals surface area contributed by atoms with Gasteiger partial charge in [0, 0.05) is 12.6 Å². The second-order valence-corrected chi connectivity index (χ2v) is 5.52. The van der Waals surface area contributed by atoms with Gasteiger partial charge in [-0.25, -0.2) is 9.59 Å². The lowest BCUT2D eigenvalue weighted by molar-refractivity contribution is -0.140. The number of ether oxygens (including phenoxy) is 1. The zero-order chi connectivity index (χ0) is 16.9. The Morgan fingerprint density at radius 3 is 2.64 bits per heavy atom. The minimum Gasteiger partial charge on any atom is -0.480 e. The van der Waals surface area contributed by atoms with Crippen molar-refractivity contribution >= 4 is 17.7 Å². The number of carboxylic acids is 1. The van der Waals surface area contributed by atoms with Crippen molar-refractivity contribution in [3.05, 3.63) is 28.7 Å². The molecule has 0 saturated heterocycles. The molecule has 118 valence electrons. The molecular formula is C15H18N2O5. The maximum absolute atomic E-state index is 12.3. The van der Waals surface area contributed by atoms with Crippen LogP contribution in [0.2, 0.25) is 0 Å². The van der Waals surface area contributed by atoms with Crippen LogP contribution in [0.25, 0.3) is 0 Å². The molecule has 0 fully saturated rings. The van der Waals surface area contributed by atoms with Gasteiger partial charge in [-0.05, 0) is 32.9 Å². The van der Waals surface area contributed by atoms with Gasteiger partial charge in [-0.2, -0.15) is 0 Å². The topological polar surface area (TPSA) is 97.6 Å². The Kier molecular flexibility index (Phi) is 5.35. The van der Waals surface area contributed by atoms with E-state index in [2.05, 4.69) is 11.2 Å². The number of amides is 1. The number of carboxylic acid groups (broad SMARTS) is 1. The smallest absolute Gasteiger partial charge is 0.412 e. The molecule has 1 amide bonds. The second-order valence-electron chi connectivity index (χ2n) is 5.52. The van der Waals surface area contributed by atoms with Gasteiger partial charge < -0.3 is 9.84 Å². The van der Waals surface area contributed by atoms with Crippen LogP contribution in [0.4, 0.5) is 10.5 Å². The predicted molar refractivity (Wildman–Crippen MR) is 80.7 cm³/mol. The Morgan fingerprint density at radius 1 is 1.50 bits per heavy atom.